The summed E-state index contributed by atoms with van der Waals surface area (Å²) in [6, 6.07) is 0. The molecule has 0 aliphatic carbocycles. The molecule has 2 aromatic heterocycles. The second kappa shape index (κ2) is 9.62. The van der Waals surface area contributed by atoms with Crippen LogP contribution in [0.1, 0.15) is 41.7 Å². The van der Waals surface area contributed by atoms with Crippen molar-refractivity contribution in [1.82, 2.24) is 20.2 Å². The normalized spacial score (nSPS) is 19.0. The third kappa shape index (κ3) is 4.86. The fraction of sp³-hybridized carbons (Fsp3) is 0.667. The van der Waals surface area contributed by atoms with Crippen LogP contribution < -0.4 is 10.2 Å². The predicted octanol–water partition coefficient (Wildman–Crippen LogP) is 3.40. The number of nitrogens with zero attached hydrogens (tertiary/aromatic N) is 4. The molecule has 0 aromatic carbocycles. The first-order chi connectivity index (χ1) is 14.2. The van der Waals surface area contributed by atoms with Gasteiger partial charge in [-0.1, -0.05) is 6.92 Å². The van der Waals surface area contributed by atoms with E-state index in [1.165, 1.54) is 30.8 Å². The monoisotopic (exact) mass is 433 g/mol. The number of rotatable bonds is 6. The van der Waals surface area contributed by atoms with Crippen molar-refractivity contribution >= 4 is 45.7 Å². The van der Waals surface area contributed by atoms with Crippen molar-refractivity contribution < 1.29 is 4.79 Å². The van der Waals surface area contributed by atoms with Crippen LogP contribution in [0.3, 0.4) is 0 Å². The highest BCUT2D eigenvalue weighted by Gasteiger charge is 2.22. The highest BCUT2D eigenvalue weighted by Crippen LogP contribution is 2.32. The summed E-state index contributed by atoms with van der Waals surface area (Å²) in [5.41, 5.74) is 0.896. The Morgan fingerprint density at radius 2 is 1.97 bits per heavy atom. The highest BCUT2D eigenvalue weighted by molar-refractivity contribution is 7.99. The molecule has 158 valence electrons. The van der Waals surface area contributed by atoms with Crippen molar-refractivity contribution in [2.45, 2.75) is 33.1 Å². The second-order valence-corrected chi connectivity index (χ2v) is 10.3. The molecule has 2 aliphatic heterocycles. The molecule has 1 amide bonds. The lowest BCUT2D eigenvalue weighted by molar-refractivity contribution is 0.0938. The minimum Gasteiger partial charge on any atom is -0.354 e. The van der Waals surface area contributed by atoms with Crippen LogP contribution in [0, 0.1) is 12.8 Å². The largest absolute Gasteiger partial charge is 0.354 e. The van der Waals surface area contributed by atoms with Crippen LogP contribution in [0.15, 0.2) is 5.38 Å². The van der Waals surface area contributed by atoms with E-state index in [-0.39, 0.29) is 5.91 Å². The van der Waals surface area contributed by atoms with Gasteiger partial charge in [0.1, 0.15) is 5.82 Å². The van der Waals surface area contributed by atoms with Crippen molar-refractivity contribution in [3.05, 3.63) is 16.1 Å². The van der Waals surface area contributed by atoms with Crippen LogP contribution in [0.2, 0.25) is 0 Å². The summed E-state index contributed by atoms with van der Waals surface area (Å²) < 4.78 is 0. The number of amides is 1. The van der Waals surface area contributed by atoms with Gasteiger partial charge in [-0.15, -0.1) is 11.3 Å². The lowest BCUT2D eigenvalue weighted by Gasteiger charge is -2.31. The molecule has 8 heteroatoms. The number of carbonyl (C=O) groups excluding carboxylic acids is 1. The van der Waals surface area contributed by atoms with E-state index in [0.29, 0.717) is 18.3 Å². The number of piperidine rings is 1. The number of hydrogen-bond donors (Lipinski definition) is 1. The summed E-state index contributed by atoms with van der Waals surface area (Å²) in [5.74, 6) is 4.02. The number of fused-ring (bicyclic) bond motifs is 1. The number of aromatic nitrogens is 2. The Kier molecular flexibility index (Phi) is 6.92. The fourth-order valence-corrected chi connectivity index (χ4v) is 5.93. The molecule has 0 spiro atoms. The summed E-state index contributed by atoms with van der Waals surface area (Å²) in [5, 5.41) is 6.24. The van der Waals surface area contributed by atoms with Gasteiger partial charge in [-0.2, -0.15) is 11.8 Å². The summed E-state index contributed by atoms with van der Waals surface area (Å²) >= 11 is 3.66. The first-order valence-corrected chi connectivity index (χ1v) is 12.8. The van der Waals surface area contributed by atoms with Crippen molar-refractivity contribution in [3.63, 3.8) is 0 Å². The Hall–Kier alpha value is -1.38. The molecule has 2 aliphatic rings. The molecule has 0 saturated carbocycles. The van der Waals surface area contributed by atoms with Crippen LogP contribution in [0.5, 0.6) is 0 Å². The van der Waals surface area contributed by atoms with E-state index in [1.807, 2.05) is 17.1 Å². The Balaban J connectivity index is 1.42. The Morgan fingerprint density at radius 1 is 1.21 bits per heavy atom. The molecule has 4 rings (SSSR count). The average Bonchev–Trinajstić information content (AvgIpc) is 3.15. The quantitative estimate of drug-likeness (QED) is 0.753. The third-order valence-electron chi connectivity index (χ3n) is 6.12. The topological polar surface area (TPSA) is 61.4 Å². The van der Waals surface area contributed by atoms with Crippen molar-refractivity contribution in [2.75, 3.05) is 55.7 Å². The highest BCUT2D eigenvalue weighted by atomic mass is 32.2. The molecular formula is C21H31N5OS2. The van der Waals surface area contributed by atoms with Gasteiger partial charge in [-0.25, -0.2) is 9.97 Å². The molecule has 0 bridgehead atoms. The minimum absolute atomic E-state index is 0.144. The van der Waals surface area contributed by atoms with E-state index in [2.05, 4.69) is 33.9 Å². The molecule has 0 radical (unpaired) electrons. The van der Waals surface area contributed by atoms with Gasteiger partial charge in [0.05, 0.1) is 10.9 Å². The number of aryl methyl sites for hydroxylation is 1. The fourth-order valence-electron chi connectivity index (χ4n) is 4.26. The van der Waals surface area contributed by atoms with Gasteiger partial charge in [0.15, 0.2) is 0 Å². The lowest BCUT2D eigenvalue weighted by Crippen LogP contribution is -2.36. The SMILES string of the molecule is CCN1CCC(CCNC(=O)c2nc(N3CCSCC3)c3c(C)scc3n2)CC1. The number of hydrogen-bond acceptors (Lipinski definition) is 7. The van der Waals surface area contributed by atoms with Gasteiger partial charge in [-0.05, 0) is 51.7 Å². The first-order valence-electron chi connectivity index (χ1n) is 10.7. The maximum Gasteiger partial charge on any atom is 0.289 e. The van der Waals surface area contributed by atoms with Crippen molar-refractivity contribution in [1.29, 1.82) is 0 Å². The summed E-state index contributed by atoms with van der Waals surface area (Å²) in [6.07, 6.45) is 3.51. The van der Waals surface area contributed by atoms with E-state index < -0.39 is 0 Å². The van der Waals surface area contributed by atoms with E-state index in [4.69, 9.17) is 4.98 Å². The zero-order valence-corrected chi connectivity index (χ0v) is 19.1. The molecule has 0 unspecified atom stereocenters. The maximum atomic E-state index is 12.8. The molecule has 6 nitrogen and oxygen atoms in total. The van der Waals surface area contributed by atoms with Gasteiger partial charge in [0, 0.05) is 41.4 Å². The van der Waals surface area contributed by atoms with Crippen LogP contribution in [0.25, 0.3) is 10.9 Å². The van der Waals surface area contributed by atoms with E-state index >= 15 is 0 Å². The van der Waals surface area contributed by atoms with Crippen LogP contribution in [0.4, 0.5) is 5.82 Å². The molecule has 0 atom stereocenters. The van der Waals surface area contributed by atoms with Crippen LogP contribution >= 0.6 is 23.1 Å². The molecule has 2 aromatic rings. The molecule has 29 heavy (non-hydrogen) atoms. The minimum atomic E-state index is -0.144. The number of nitrogens with one attached hydrogen (secondary N) is 1. The molecule has 2 saturated heterocycles. The lowest BCUT2D eigenvalue weighted by atomic mass is 9.93. The van der Waals surface area contributed by atoms with Gasteiger partial charge >= 0.3 is 0 Å². The van der Waals surface area contributed by atoms with Crippen molar-refractivity contribution in [3.8, 4) is 0 Å². The summed E-state index contributed by atoms with van der Waals surface area (Å²) in [4.78, 5) is 28.2. The maximum absolute atomic E-state index is 12.8. The van der Waals surface area contributed by atoms with Gasteiger partial charge in [0.25, 0.3) is 5.91 Å². The second-order valence-electron chi connectivity index (χ2n) is 7.94. The van der Waals surface area contributed by atoms with Crippen LogP contribution in [-0.4, -0.2) is 71.5 Å². The molecule has 2 fully saturated rings. The summed E-state index contributed by atoms with van der Waals surface area (Å²) in [6.45, 7) is 10.5. The number of likely N-dealkylation sites (tertiary alicyclic amines) is 1. The van der Waals surface area contributed by atoms with Crippen LogP contribution in [-0.2, 0) is 0 Å². The Morgan fingerprint density at radius 3 is 2.69 bits per heavy atom. The van der Waals surface area contributed by atoms with E-state index in [0.717, 1.165) is 54.3 Å². The number of anilines is 1. The molecule has 1 N–H and O–H groups in total. The van der Waals surface area contributed by atoms with E-state index in [9.17, 15) is 4.79 Å². The summed E-state index contributed by atoms with van der Waals surface area (Å²) in [7, 11) is 0. The third-order valence-corrected chi connectivity index (χ3v) is 7.96. The van der Waals surface area contributed by atoms with Gasteiger partial charge in [-0.3, -0.25) is 4.79 Å². The zero-order valence-electron chi connectivity index (χ0n) is 17.4. The Bertz CT molecular complexity index is 841. The zero-order chi connectivity index (χ0) is 20.2. The Labute approximate surface area is 181 Å². The van der Waals surface area contributed by atoms with Gasteiger partial charge in [0.2, 0.25) is 5.82 Å². The number of thioether (sulfide) groups is 1. The van der Waals surface area contributed by atoms with Crippen molar-refractivity contribution in [2.24, 2.45) is 5.92 Å². The van der Waals surface area contributed by atoms with Gasteiger partial charge < -0.3 is 15.1 Å². The standard InChI is InChI=1S/C21H31N5OS2/c1-3-25-8-5-16(6-9-25)4-7-22-21(27)19-23-17-14-29-15(2)18(17)20(24-19)26-10-12-28-13-11-26/h14,16H,3-13H2,1-2H3,(H,22,27). The molecule has 4 heterocycles. The smallest absolute Gasteiger partial charge is 0.289 e. The molecular weight excluding hydrogens is 402 g/mol. The average molecular weight is 434 g/mol. The number of carbonyl (C=O) groups is 1. The number of thiophene rings is 1. The predicted molar refractivity (Wildman–Crippen MR) is 123 cm³/mol. The van der Waals surface area contributed by atoms with E-state index in [1.54, 1.807) is 11.3 Å². The first kappa shape index (κ1) is 20.9.